The van der Waals surface area contributed by atoms with E-state index in [4.69, 9.17) is 16.7 Å². The topological polar surface area (TPSA) is 52.6 Å². The Hall–Kier alpha value is -1.59. The van der Waals surface area contributed by atoms with Gasteiger partial charge < -0.3 is 15.3 Å². The Labute approximate surface area is 110 Å². The number of hydrogen-bond acceptors (Lipinski definition) is 2. The van der Waals surface area contributed by atoms with Crippen LogP contribution < -0.4 is 5.32 Å². The van der Waals surface area contributed by atoms with Crippen molar-refractivity contribution in [2.45, 2.75) is 0 Å². The lowest BCUT2D eigenvalue weighted by atomic mass is 10.3. The fourth-order valence-electron chi connectivity index (χ4n) is 1.35. The number of nitrogens with one attached hydrogen (secondary N) is 1. The van der Waals surface area contributed by atoms with Gasteiger partial charge in [0.25, 0.3) is 0 Å². The molecule has 0 aliphatic heterocycles. The first-order valence-electron chi connectivity index (χ1n) is 5.31. The number of aliphatic hydroxyl groups is 1. The largest absolute Gasteiger partial charge is 0.395 e. The van der Waals surface area contributed by atoms with Gasteiger partial charge >= 0.3 is 6.03 Å². The molecule has 1 rings (SSSR count). The van der Waals surface area contributed by atoms with Gasteiger partial charge in [-0.15, -0.1) is 6.58 Å². The Bertz CT molecular complexity index is 440. The van der Waals surface area contributed by atoms with Crippen LogP contribution in [-0.2, 0) is 0 Å². The number of benzene rings is 1. The van der Waals surface area contributed by atoms with Gasteiger partial charge in [-0.3, -0.25) is 0 Å². The summed E-state index contributed by atoms with van der Waals surface area (Å²) >= 11 is 5.60. The summed E-state index contributed by atoms with van der Waals surface area (Å²) in [7, 11) is 0. The van der Waals surface area contributed by atoms with Crippen molar-refractivity contribution in [3.05, 3.63) is 41.7 Å². The predicted molar refractivity (Wildman–Crippen MR) is 69.3 cm³/mol. The Kier molecular flexibility index (Phi) is 5.61. The first-order chi connectivity index (χ1) is 8.60. The molecular formula is C12H14ClFN2O2. The third kappa shape index (κ3) is 3.72. The van der Waals surface area contributed by atoms with Crippen molar-refractivity contribution in [2.75, 3.05) is 25.0 Å². The van der Waals surface area contributed by atoms with E-state index in [0.717, 1.165) is 0 Å². The van der Waals surface area contributed by atoms with E-state index in [1.807, 2.05) is 0 Å². The summed E-state index contributed by atoms with van der Waals surface area (Å²) < 4.78 is 13.6. The molecule has 0 heterocycles. The molecule has 0 saturated carbocycles. The molecule has 0 spiro atoms. The van der Waals surface area contributed by atoms with Crippen molar-refractivity contribution in [1.82, 2.24) is 4.90 Å². The second-order valence-electron chi connectivity index (χ2n) is 3.49. The van der Waals surface area contributed by atoms with Gasteiger partial charge in [0.05, 0.1) is 17.3 Å². The van der Waals surface area contributed by atoms with Crippen LogP contribution in [0.2, 0.25) is 5.02 Å². The lowest BCUT2D eigenvalue weighted by Gasteiger charge is -2.20. The van der Waals surface area contributed by atoms with Gasteiger partial charge in [0.1, 0.15) is 0 Å². The van der Waals surface area contributed by atoms with E-state index < -0.39 is 11.8 Å². The Morgan fingerprint density at radius 3 is 2.94 bits per heavy atom. The van der Waals surface area contributed by atoms with Crippen LogP contribution in [0.15, 0.2) is 30.9 Å². The zero-order valence-electron chi connectivity index (χ0n) is 9.70. The molecule has 1 aromatic carbocycles. The third-order valence-corrected chi connectivity index (χ3v) is 2.49. The number of carbonyl (C=O) groups excluding carboxylic acids is 1. The molecule has 0 atom stereocenters. The molecule has 0 aromatic heterocycles. The molecule has 2 N–H and O–H groups in total. The summed E-state index contributed by atoms with van der Waals surface area (Å²) in [6.45, 7) is 3.72. The van der Waals surface area contributed by atoms with E-state index in [0.29, 0.717) is 0 Å². The number of hydrogen-bond donors (Lipinski definition) is 2. The average molecular weight is 273 g/mol. The molecule has 0 saturated heterocycles. The van der Waals surface area contributed by atoms with E-state index in [-0.39, 0.29) is 30.4 Å². The summed E-state index contributed by atoms with van der Waals surface area (Å²) in [6.07, 6.45) is 1.52. The average Bonchev–Trinajstić information content (AvgIpc) is 2.34. The molecule has 0 aliphatic carbocycles. The van der Waals surface area contributed by atoms with E-state index >= 15 is 0 Å². The van der Waals surface area contributed by atoms with E-state index in [2.05, 4.69) is 11.9 Å². The van der Waals surface area contributed by atoms with Crippen molar-refractivity contribution < 1.29 is 14.3 Å². The smallest absolute Gasteiger partial charge is 0.322 e. The minimum Gasteiger partial charge on any atom is -0.395 e. The summed E-state index contributed by atoms with van der Waals surface area (Å²) in [4.78, 5) is 13.1. The van der Waals surface area contributed by atoms with Crippen LogP contribution in [0.5, 0.6) is 0 Å². The molecule has 4 nitrogen and oxygen atoms in total. The highest BCUT2D eigenvalue weighted by molar-refractivity contribution is 6.31. The highest BCUT2D eigenvalue weighted by Crippen LogP contribution is 2.22. The molecule has 2 amide bonds. The lowest BCUT2D eigenvalue weighted by Crippen LogP contribution is -2.37. The van der Waals surface area contributed by atoms with Crippen molar-refractivity contribution in [3.8, 4) is 0 Å². The first kappa shape index (κ1) is 14.5. The summed E-state index contributed by atoms with van der Waals surface area (Å²) in [6, 6.07) is 3.81. The van der Waals surface area contributed by atoms with Crippen LogP contribution in [0.3, 0.4) is 0 Å². The number of halogens is 2. The van der Waals surface area contributed by atoms with Gasteiger partial charge in [-0.2, -0.15) is 0 Å². The van der Waals surface area contributed by atoms with Crippen molar-refractivity contribution in [1.29, 1.82) is 0 Å². The molecule has 0 bridgehead atoms. The fraction of sp³-hybridized carbons (Fsp3) is 0.250. The summed E-state index contributed by atoms with van der Waals surface area (Å²) in [5, 5.41) is 11.2. The summed E-state index contributed by atoms with van der Waals surface area (Å²) in [5.74, 6) is -0.685. The van der Waals surface area contributed by atoms with E-state index in [1.165, 1.54) is 29.2 Å². The number of rotatable bonds is 5. The third-order valence-electron chi connectivity index (χ3n) is 2.20. The molecule has 0 fully saturated rings. The van der Waals surface area contributed by atoms with Crippen LogP contribution in [0, 0.1) is 5.82 Å². The number of amides is 2. The van der Waals surface area contributed by atoms with Crippen molar-refractivity contribution in [3.63, 3.8) is 0 Å². The fourth-order valence-corrected chi connectivity index (χ4v) is 1.52. The molecule has 0 aliphatic rings. The Morgan fingerprint density at radius 2 is 2.33 bits per heavy atom. The minimum atomic E-state index is -0.685. The number of urea groups is 1. The molecule has 0 unspecified atom stereocenters. The molecular weight excluding hydrogens is 259 g/mol. The number of carbonyl (C=O) groups is 1. The van der Waals surface area contributed by atoms with Crippen LogP contribution in [0.4, 0.5) is 14.9 Å². The van der Waals surface area contributed by atoms with Gasteiger partial charge in [0.2, 0.25) is 0 Å². The number of anilines is 1. The van der Waals surface area contributed by atoms with Crippen LogP contribution in [0.25, 0.3) is 0 Å². The highest BCUT2D eigenvalue weighted by atomic mass is 35.5. The van der Waals surface area contributed by atoms with Gasteiger partial charge in [-0.05, 0) is 12.1 Å². The zero-order valence-corrected chi connectivity index (χ0v) is 10.5. The van der Waals surface area contributed by atoms with Gasteiger partial charge in [0, 0.05) is 13.1 Å². The molecule has 6 heteroatoms. The Balaban J connectivity index is 2.78. The number of nitrogens with zero attached hydrogens (tertiary/aromatic N) is 1. The van der Waals surface area contributed by atoms with Gasteiger partial charge in [-0.1, -0.05) is 23.7 Å². The standard InChI is InChI=1S/C12H14ClFN2O2/c1-2-6-16(7-8-17)12(18)15-10-5-3-4-9(13)11(10)14/h2-5,17H,1,6-8H2,(H,15,18). The van der Waals surface area contributed by atoms with Gasteiger partial charge in [0.15, 0.2) is 5.82 Å². The number of aliphatic hydroxyl groups excluding tert-OH is 1. The molecule has 98 valence electrons. The molecule has 1 aromatic rings. The van der Waals surface area contributed by atoms with Crippen LogP contribution in [0.1, 0.15) is 0 Å². The maximum atomic E-state index is 13.6. The maximum absolute atomic E-state index is 13.6. The second kappa shape index (κ2) is 6.98. The van der Waals surface area contributed by atoms with Crippen LogP contribution in [-0.4, -0.2) is 35.7 Å². The molecule has 0 radical (unpaired) electrons. The Morgan fingerprint density at radius 1 is 1.61 bits per heavy atom. The van der Waals surface area contributed by atoms with Crippen molar-refractivity contribution in [2.24, 2.45) is 0 Å². The maximum Gasteiger partial charge on any atom is 0.322 e. The highest BCUT2D eigenvalue weighted by Gasteiger charge is 2.14. The van der Waals surface area contributed by atoms with Gasteiger partial charge in [-0.25, -0.2) is 9.18 Å². The van der Waals surface area contributed by atoms with Crippen LogP contribution >= 0.6 is 11.6 Å². The molecule has 18 heavy (non-hydrogen) atoms. The van der Waals surface area contributed by atoms with E-state index in [9.17, 15) is 9.18 Å². The first-order valence-corrected chi connectivity index (χ1v) is 5.69. The predicted octanol–water partition coefficient (Wildman–Crippen LogP) is 2.49. The quantitative estimate of drug-likeness (QED) is 0.809. The lowest BCUT2D eigenvalue weighted by molar-refractivity contribution is 0.195. The zero-order chi connectivity index (χ0) is 13.5. The second-order valence-corrected chi connectivity index (χ2v) is 3.90. The minimum absolute atomic E-state index is 0.000461. The normalized spacial score (nSPS) is 9.94. The summed E-state index contributed by atoms with van der Waals surface area (Å²) in [5.41, 5.74) is -0.000461. The SMILES string of the molecule is C=CCN(CCO)C(=O)Nc1cccc(Cl)c1F. The van der Waals surface area contributed by atoms with Crippen molar-refractivity contribution >= 4 is 23.3 Å². The van der Waals surface area contributed by atoms with E-state index in [1.54, 1.807) is 0 Å². The monoisotopic (exact) mass is 272 g/mol.